The summed E-state index contributed by atoms with van der Waals surface area (Å²) in [6.45, 7) is 2.08. The van der Waals surface area contributed by atoms with Gasteiger partial charge >= 0.3 is 12.1 Å². The van der Waals surface area contributed by atoms with Crippen LogP contribution >= 0.6 is 23.2 Å². The molecule has 0 bridgehead atoms. The predicted octanol–water partition coefficient (Wildman–Crippen LogP) is 4.56. The van der Waals surface area contributed by atoms with Crippen LogP contribution in [0, 0.1) is 0 Å². The van der Waals surface area contributed by atoms with Crippen molar-refractivity contribution < 1.29 is 32.5 Å². The number of nitrogens with one attached hydrogen (secondary N) is 1. The summed E-state index contributed by atoms with van der Waals surface area (Å²) in [7, 11) is 0. The first kappa shape index (κ1) is 22.1. The second kappa shape index (κ2) is 9.86. The number of carboxylic acids is 1. The number of hydrogen-bond acceptors (Lipinski definition) is 4. The van der Waals surface area contributed by atoms with E-state index in [1.165, 1.54) is 0 Å². The molecule has 10 heteroatoms. The molecule has 0 spiro atoms. The monoisotopic (exact) mass is 437 g/mol. The van der Waals surface area contributed by atoms with Gasteiger partial charge in [-0.2, -0.15) is 13.2 Å². The number of ether oxygens (including phenoxy) is 2. The van der Waals surface area contributed by atoms with Gasteiger partial charge in [-0.25, -0.2) is 4.79 Å². The smallest absolute Gasteiger partial charge is 0.485 e. The van der Waals surface area contributed by atoms with Crippen LogP contribution in [0.2, 0.25) is 10.0 Å². The second-order valence-electron chi connectivity index (χ2n) is 5.67. The van der Waals surface area contributed by atoms with Crippen LogP contribution in [0.25, 0.3) is 0 Å². The Balaban J connectivity index is 0.000000345. The van der Waals surface area contributed by atoms with E-state index in [1.54, 1.807) is 12.1 Å². The fourth-order valence-corrected chi connectivity index (χ4v) is 2.34. The van der Waals surface area contributed by atoms with E-state index in [0.717, 1.165) is 18.7 Å². The molecule has 152 valence electrons. The van der Waals surface area contributed by atoms with Crippen molar-refractivity contribution in [3.8, 4) is 11.5 Å². The van der Waals surface area contributed by atoms with Gasteiger partial charge in [0.15, 0.2) is 11.5 Å². The molecule has 2 N–H and O–H groups in total. The van der Waals surface area contributed by atoms with Crippen LogP contribution < -0.4 is 14.8 Å². The first-order chi connectivity index (χ1) is 13.2. The highest BCUT2D eigenvalue weighted by atomic mass is 35.5. The molecule has 1 aliphatic rings. The summed E-state index contributed by atoms with van der Waals surface area (Å²) in [5.74, 6) is -1.42. The maximum atomic E-state index is 10.6. The van der Waals surface area contributed by atoms with Gasteiger partial charge < -0.3 is 19.9 Å². The Bertz CT molecular complexity index is 814. The van der Waals surface area contributed by atoms with Crippen LogP contribution in [-0.4, -0.2) is 36.4 Å². The molecule has 0 atom stereocenters. The highest BCUT2D eigenvalue weighted by Gasteiger charge is 2.38. The van der Waals surface area contributed by atoms with Gasteiger partial charge in [0, 0.05) is 34.8 Å². The van der Waals surface area contributed by atoms with Crippen molar-refractivity contribution in [1.82, 2.24) is 5.32 Å². The number of hydrogen-bond donors (Lipinski definition) is 2. The molecule has 1 aliphatic heterocycles. The standard InChI is InChI=1S/C16H15Cl2NO2.C2HF3O2/c17-12-5-6-15(16(7-12)21-13-8-19-9-13)20-10-11-3-1-2-4-14(11)18;3-2(4,5)1(6)7/h1-7,13,19H,8-10H2;(H,6,7). The lowest BCUT2D eigenvalue weighted by Gasteiger charge is -2.28. The van der Waals surface area contributed by atoms with E-state index >= 15 is 0 Å². The van der Waals surface area contributed by atoms with E-state index in [-0.39, 0.29) is 6.10 Å². The summed E-state index contributed by atoms with van der Waals surface area (Å²) in [6, 6.07) is 13.0. The molecular weight excluding hydrogens is 422 g/mol. The zero-order chi connectivity index (χ0) is 20.7. The number of halogens is 5. The van der Waals surface area contributed by atoms with Crippen molar-refractivity contribution in [2.45, 2.75) is 18.9 Å². The minimum Gasteiger partial charge on any atom is -0.485 e. The second-order valence-corrected chi connectivity index (χ2v) is 6.52. The third-order valence-corrected chi connectivity index (χ3v) is 4.13. The van der Waals surface area contributed by atoms with Crippen molar-refractivity contribution in [3.63, 3.8) is 0 Å². The average Bonchev–Trinajstić information content (AvgIpc) is 2.58. The topological polar surface area (TPSA) is 67.8 Å². The van der Waals surface area contributed by atoms with Crippen molar-refractivity contribution in [2.24, 2.45) is 0 Å². The average molecular weight is 438 g/mol. The van der Waals surface area contributed by atoms with Gasteiger partial charge in [0.05, 0.1) is 0 Å². The van der Waals surface area contributed by atoms with E-state index in [2.05, 4.69) is 5.32 Å². The number of rotatable bonds is 5. The molecule has 1 fully saturated rings. The fraction of sp³-hybridized carbons (Fsp3) is 0.278. The maximum Gasteiger partial charge on any atom is 0.490 e. The summed E-state index contributed by atoms with van der Waals surface area (Å²) in [5.41, 5.74) is 0.936. The van der Waals surface area contributed by atoms with E-state index in [0.29, 0.717) is 28.2 Å². The lowest BCUT2D eigenvalue weighted by Crippen LogP contribution is -2.50. The Morgan fingerprint density at radius 1 is 1.14 bits per heavy atom. The van der Waals surface area contributed by atoms with Crippen molar-refractivity contribution in [1.29, 1.82) is 0 Å². The molecule has 3 rings (SSSR count). The molecule has 28 heavy (non-hydrogen) atoms. The van der Waals surface area contributed by atoms with E-state index in [4.69, 9.17) is 42.6 Å². The fourth-order valence-electron chi connectivity index (χ4n) is 1.99. The van der Waals surface area contributed by atoms with Crippen LogP contribution in [0.5, 0.6) is 11.5 Å². The molecule has 5 nitrogen and oxygen atoms in total. The minimum absolute atomic E-state index is 0.172. The number of carbonyl (C=O) groups is 1. The molecule has 2 aromatic rings. The first-order valence-electron chi connectivity index (χ1n) is 8.00. The van der Waals surface area contributed by atoms with Gasteiger partial charge in [-0.3, -0.25) is 0 Å². The molecule has 0 radical (unpaired) electrons. The normalized spacial score (nSPS) is 13.8. The Morgan fingerprint density at radius 2 is 1.79 bits per heavy atom. The van der Waals surface area contributed by atoms with Crippen LogP contribution in [-0.2, 0) is 11.4 Å². The lowest BCUT2D eigenvalue weighted by atomic mass is 10.2. The van der Waals surface area contributed by atoms with Gasteiger partial charge in [0.1, 0.15) is 12.7 Å². The first-order valence-corrected chi connectivity index (χ1v) is 8.75. The molecule has 0 amide bonds. The van der Waals surface area contributed by atoms with Crippen LogP contribution in [0.3, 0.4) is 0 Å². The van der Waals surface area contributed by atoms with Gasteiger partial charge in [0.25, 0.3) is 0 Å². The van der Waals surface area contributed by atoms with Crippen LogP contribution in [0.4, 0.5) is 13.2 Å². The Hall–Kier alpha value is -2.16. The summed E-state index contributed by atoms with van der Waals surface area (Å²) < 4.78 is 43.5. The molecule has 0 unspecified atom stereocenters. The highest BCUT2D eigenvalue weighted by Crippen LogP contribution is 2.32. The number of benzene rings is 2. The maximum absolute atomic E-state index is 10.6. The molecule has 1 heterocycles. The Morgan fingerprint density at radius 3 is 2.32 bits per heavy atom. The summed E-state index contributed by atoms with van der Waals surface area (Å²) in [6.07, 6.45) is -4.91. The SMILES string of the molecule is Clc1ccc(OCc2ccccc2Cl)c(OC2CNC2)c1.O=C(O)C(F)(F)F. The van der Waals surface area contributed by atoms with Crippen LogP contribution in [0.15, 0.2) is 42.5 Å². The zero-order valence-corrected chi connectivity index (χ0v) is 15.8. The third-order valence-electron chi connectivity index (χ3n) is 3.53. The molecule has 0 saturated carbocycles. The molecule has 1 saturated heterocycles. The highest BCUT2D eigenvalue weighted by molar-refractivity contribution is 6.31. The van der Waals surface area contributed by atoms with Crippen molar-refractivity contribution >= 4 is 29.2 Å². The predicted molar refractivity (Wildman–Crippen MR) is 98.2 cm³/mol. The molecule has 2 aromatic carbocycles. The van der Waals surface area contributed by atoms with E-state index in [1.807, 2.05) is 30.3 Å². The summed E-state index contributed by atoms with van der Waals surface area (Å²) >= 11 is 12.2. The summed E-state index contributed by atoms with van der Waals surface area (Å²) in [5, 5.41) is 11.6. The third kappa shape index (κ3) is 6.78. The number of aliphatic carboxylic acids is 1. The van der Waals surface area contributed by atoms with Gasteiger partial charge in [-0.15, -0.1) is 0 Å². The van der Waals surface area contributed by atoms with E-state index in [9.17, 15) is 13.2 Å². The van der Waals surface area contributed by atoms with Crippen LogP contribution in [0.1, 0.15) is 5.56 Å². The van der Waals surface area contributed by atoms with Gasteiger partial charge in [-0.05, 0) is 18.2 Å². The van der Waals surface area contributed by atoms with E-state index < -0.39 is 12.1 Å². The zero-order valence-electron chi connectivity index (χ0n) is 14.3. The number of alkyl halides is 3. The number of carboxylic acid groups (broad SMARTS) is 1. The molecular formula is C18H16Cl2F3NO4. The molecule has 0 aromatic heterocycles. The largest absolute Gasteiger partial charge is 0.490 e. The van der Waals surface area contributed by atoms with Crippen molar-refractivity contribution in [2.75, 3.05) is 13.1 Å². The Kier molecular flexibility index (Phi) is 7.79. The quantitative estimate of drug-likeness (QED) is 0.717. The van der Waals surface area contributed by atoms with Crippen molar-refractivity contribution in [3.05, 3.63) is 58.1 Å². The summed E-state index contributed by atoms with van der Waals surface area (Å²) in [4.78, 5) is 8.90. The molecule has 0 aliphatic carbocycles. The van der Waals surface area contributed by atoms with Gasteiger partial charge in [0.2, 0.25) is 0 Å². The Labute approximate surface area is 169 Å². The lowest BCUT2D eigenvalue weighted by molar-refractivity contribution is -0.192. The minimum atomic E-state index is -5.08. The van der Waals surface area contributed by atoms with Gasteiger partial charge in [-0.1, -0.05) is 41.4 Å².